The van der Waals surface area contributed by atoms with Crippen molar-refractivity contribution in [1.29, 1.82) is 0 Å². The predicted molar refractivity (Wildman–Crippen MR) is 199 cm³/mol. The number of ether oxygens (including phenoxy) is 1. The largest absolute Gasteiger partial charge is 0.478 e. The van der Waals surface area contributed by atoms with Crippen LogP contribution in [0, 0.1) is 0 Å². The molecule has 0 unspecified atom stereocenters. The van der Waals surface area contributed by atoms with Crippen molar-refractivity contribution in [1.82, 2.24) is 25.1 Å². The van der Waals surface area contributed by atoms with E-state index in [4.69, 9.17) is 9.84 Å². The Bertz CT molecular complexity index is 2380. The average Bonchev–Trinajstić information content (AvgIpc) is 3.82. The number of benzene rings is 6. The Morgan fingerprint density at radius 1 is 0.731 bits per heavy atom. The second kappa shape index (κ2) is 13.8. The Labute approximate surface area is 300 Å². The highest BCUT2D eigenvalue weighted by Crippen LogP contribution is 2.39. The molecule has 0 aliphatic heterocycles. The van der Waals surface area contributed by atoms with Gasteiger partial charge in [0.15, 0.2) is 10.8 Å². The normalized spacial score (nSPS) is 11.5. The summed E-state index contributed by atoms with van der Waals surface area (Å²) in [6, 6.07) is 53.2. The van der Waals surface area contributed by atoms with Crippen LogP contribution in [0.15, 0.2) is 158 Å². The van der Waals surface area contributed by atoms with Gasteiger partial charge in [-0.1, -0.05) is 145 Å². The van der Waals surface area contributed by atoms with Crippen molar-refractivity contribution in [2.24, 2.45) is 0 Å². The number of rotatable bonds is 11. The Kier molecular flexibility index (Phi) is 8.58. The number of aromatic amines is 1. The molecule has 0 aliphatic carbocycles. The van der Waals surface area contributed by atoms with Gasteiger partial charge in [-0.15, -0.1) is 4.68 Å². The number of carboxylic acid groups (broad SMARTS) is 1. The van der Waals surface area contributed by atoms with E-state index in [-0.39, 0.29) is 5.56 Å². The van der Waals surface area contributed by atoms with Gasteiger partial charge >= 0.3 is 11.8 Å². The number of H-pyrrole nitrogens is 1. The smallest absolute Gasteiger partial charge is 0.337 e. The van der Waals surface area contributed by atoms with Crippen molar-refractivity contribution in [3.8, 4) is 28.5 Å². The van der Waals surface area contributed by atoms with E-state index in [2.05, 4.69) is 129 Å². The molecule has 0 bridgehead atoms. The molecule has 9 heteroatoms. The maximum absolute atomic E-state index is 12.1. The molecule has 0 saturated heterocycles. The molecular weight excluding hydrogens is 649 g/mol. The van der Waals surface area contributed by atoms with Gasteiger partial charge < -0.3 is 9.84 Å². The van der Waals surface area contributed by atoms with E-state index in [1.165, 1.54) is 0 Å². The van der Waals surface area contributed by atoms with Gasteiger partial charge in [0, 0.05) is 16.7 Å². The first kappa shape index (κ1) is 32.3. The summed E-state index contributed by atoms with van der Waals surface area (Å²) >= 11 is 0. The molecule has 8 rings (SSSR count). The quantitative estimate of drug-likeness (QED) is 0.107. The zero-order valence-corrected chi connectivity index (χ0v) is 28.4. The summed E-state index contributed by atoms with van der Waals surface area (Å²) in [4.78, 5) is 16.7. The molecule has 0 atom stereocenters. The lowest BCUT2D eigenvalue weighted by molar-refractivity contribution is -0.779. The van der Waals surface area contributed by atoms with Crippen LogP contribution < -0.4 is 9.42 Å². The zero-order valence-electron chi connectivity index (χ0n) is 28.4. The molecule has 9 nitrogen and oxygen atoms in total. The lowest BCUT2D eigenvalue weighted by atomic mass is 9.77. The summed E-state index contributed by atoms with van der Waals surface area (Å²) in [6.07, 6.45) is 0. The number of nitrogens with one attached hydrogen (secondary N) is 1. The third-order valence-corrected chi connectivity index (χ3v) is 9.42. The van der Waals surface area contributed by atoms with Crippen molar-refractivity contribution in [3.05, 3.63) is 186 Å². The van der Waals surface area contributed by atoms with Crippen molar-refractivity contribution < 1.29 is 19.3 Å². The topological polar surface area (TPSA) is 110 Å². The van der Waals surface area contributed by atoms with E-state index >= 15 is 0 Å². The first-order valence-electron chi connectivity index (χ1n) is 17.1. The van der Waals surface area contributed by atoms with Crippen molar-refractivity contribution in [2.75, 3.05) is 6.61 Å². The summed E-state index contributed by atoms with van der Waals surface area (Å²) in [5.74, 6) is -0.341. The van der Waals surface area contributed by atoms with Gasteiger partial charge in [0.05, 0.1) is 35.3 Å². The van der Waals surface area contributed by atoms with Crippen LogP contribution in [-0.2, 0) is 12.1 Å². The molecule has 2 heterocycles. The molecule has 2 N–H and O–H groups in total. The number of carboxylic acids is 1. The molecule has 0 saturated carbocycles. The molecule has 2 aromatic heterocycles. The van der Waals surface area contributed by atoms with E-state index in [1.54, 1.807) is 18.2 Å². The van der Waals surface area contributed by atoms with Gasteiger partial charge in [-0.05, 0) is 41.8 Å². The first-order valence-corrected chi connectivity index (χ1v) is 17.1. The minimum absolute atomic E-state index is 0.181. The maximum Gasteiger partial charge on any atom is 0.337 e. The third-order valence-electron chi connectivity index (χ3n) is 9.42. The molecule has 0 amide bonds. The molecular formula is C43H35N6O3+. The van der Waals surface area contributed by atoms with Gasteiger partial charge in [0.2, 0.25) is 0 Å². The Morgan fingerprint density at radius 3 is 1.88 bits per heavy atom. The molecule has 0 spiro atoms. The zero-order chi connectivity index (χ0) is 35.5. The van der Waals surface area contributed by atoms with Crippen molar-refractivity contribution in [2.45, 2.75) is 19.0 Å². The standard InChI is InChI=1S/C43H34N6O3/c1-2-52-42-44-38-24-14-23-37(41(50)51)39(38)48(42)29-30-25-27-31(28-26-30)35-21-12-13-22-36(35)40-45-46-47-49(40)43(32-15-6-3-7-16-32,33-17-8-4-9-18-33)34-19-10-5-11-20-34/h3-28H,2,29H2,1H3,(H,50,51)/p+1. The molecule has 0 fully saturated rings. The number of tetrazole rings is 1. The van der Waals surface area contributed by atoms with Crippen LogP contribution in [0.1, 0.15) is 39.5 Å². The Hall–Kier alpha value is -6.87. The summed E-state index contributed by atoms with van der Waals surface area (Å²) in [5, 5.41) is 22.4. The Balaban J connectivity index is 1.24. The van der Waals surface area contributed by atoms with Crippen LogP contribution in [0.4, 0.5) is 0 Å². The van der Waals surface area contributed by atoms with E-state index in [0.717, 1.165) is 38.9 Å². The van der Waals surface area contributed by atoms with E-state index in [1.807, 2.05) is 41.8 Å². The lowest BCUT2D eigenvalue weighted by Crippen LogP contribution is -2.61. The molecule has 254 valence electrons. The average molecular weight is 684 g/mol. The number of aromatic carboxylic acids is 1. The fraction of sp³-hybridized carbons (Fsp3) is 0.0930. The van der Waals surface area contributed by atoms with E-state index in [0.29, 0.717) is 36.0 Å². The molecule has 0 radical (unpaired) electrons. The fourth-order valence-electron chi connectivity index (χ4n) is 7.16. The summed E-state index contributed by atoms with van der Waals surface area (Å²) in [7, 11) is 0. The van der Waals surface area contributed by atoms with Crippen LogP contribution in [-0.4, -0.2) is 42.8 Å². The highest BCUT2D eigenvalue weighted by atomic mass is 16.5. The summed E-state index contributed by atoms with van der Waals surface area (Å²) < 4.78 is 9.76. The third kappa shape index (κ3) is 5.58. The van der Waals surface area contributed by atoms with Crippen LogP contribution >= 0.6 is 0 Å². The predicted octanol–water partition coefficient (Wildman–Crippen LogP) is 7.76. The van der Waals surface area contributed by atoms with E-state index in [9.17, 15) is 9.90 Å². The molecule has 6 aromatic carbocycles. The minimum Gasteiger partial charge on any atom is -0.478 e. The number of hydrogen-bond acceptors (Lipinski definition) is 5. The second-order valence-corrected chi connectivity index (χ2v) is 12.4. The number of carbonyl (C=O) groups is 1. The van der Waals surface area contributed by atoms with Crippen LogP contribution in [0.5, 0.6) is 6.01 Å². The van der Waals surface area contributed by atoms with Gasteiger partial charge in [0.25, 0.3) is 6.01 Å². The number of imidazole rings is 1. The maximum atomic E-state index is 12.1. The van der Waals surface area contributed by atoms with Gasteiger partial charge in [0.1, 0.15) is 5.10 Å². The van der Waals surface area contributed by atoms with Crippen molar-refractivity contribution in [3.63, 3.8) is 0 Å². The Morgan fingerprint density at radius 2 is 1.31 bits per heavy atom. The number of hydrogen-bond donors (Lipinski definition) is 2. The number of aromatic nitrogens is 6. The second-order valence-electron chi connectivity index (χ2n) is 12.4. The molecule has 8 aromatic rings. The van der Waals surface area contributed by atoms with Gasteiger partial charge in [-0.25, -0.2) is 4.79 Å². The lowest BCUT2D eigenvalue weighted by Gasteiger charge is -2.33. The number of fused-ring (bicyclic) bond motifs is 1. The number of para-hydroxylation sites is 1. The monoisotopic (exact) mass is 683 g/mol. The summed E-state index contributed by atoms with van der Waals surface area (Å²) in [6.45, 7) is 2.68. The van der Waals surface area contributed by atoms with Crippen molar-refractivity contribution >= 4 is 17.0 Å². The van der Waals surface area contributed by atoms with Crippen LogP contribution in [0.2, 0.25) is 0 Å². The van der Waals surface area contributed by atoms with Crippen LogP contribution in [0.3, 0.4) is 0 Å². The highest BCUT2D eigenvalue weighted by Gasteiger charge is 2.46. The fourth-order valence-corrected chi connectivity index (χ4v) is 7.16. The summed E-state index contributed by atoms with van der Waals surface area (Å²) in [5.41, 5.74) is 7.45. The SMILES string of the molecule is CCOc1nc2cccc(C(=O)O)c2n1Cc1ccc(-c2ccccc2-c2nn[nH][n+]2C(c2ccccc2)(c2ccccc2)c2ccccc2)cc1. The molecule has 0 aliphatic rings. The highest BCUT2D eigenvalue weighted by molar-refractivity contribution is 6.01. The van der Waals surface area contributed by atoms with Gasteiger partial charge in [-0.2, -0.15) is 4.98 Å². The molecule has 52 heavy (non-hydrogen) atoms. The minimum atomic E-state index is -1.01. The number of nitrogens with zero attached hydrogens (tertiary/aromatic N) is 5. The first-order chi connectivity index (χ1) is 25.6. The van der Waals surface area contributed by atoms with Gasteiger partial charge in [-0.3, -0.25) is 4.57 Å². The van der Waals surface area contributed by atoms with E-state index < -0.39 is 11.5 Å². The van der Waals surface area contributed by atoms with Crippen LogP contribution in [0.25, 0.3) is 33.5 Å².